The van der Waals surface area contributed by atoms with Crippen LogP contribution in [0.1, 0.15) is 11.3 Å². The fourth-order valence-electron chi connectivity index (χ4n) is 2.92. The van der Waals surface area contributed by atoms with Gasteiger partial charge in [0, 0.05) is 23.4 Å². The zero-order valence-corrected chi connectivity index (χ0v) is 13.1. The molecule has 0 unspecified atom stereocenters. The van der Waals surface area contributed by atoms with Crippen LogP contribution in [0.3, 0.4) is 0 Å². The van der Waals surface area contributed by atoms with Gasteiger partial charge in [0.15, 0.2) is 0 Å². The number of nitrogens with zero attached hydrogens (tertiary/aromatic N) is 3. The molecule has 0 aliphatic rings. The van der Waals surface area contributed by atoms with Gasteiger partial charge >= 0.3 is 0 Å². The fraction of sp³-hybridized carbons (Fsp3) is 0.0500. The number of para-hydroxylation sites is 2. The third kappa shape index (κ3) is 2.58. The number of pyridine rings is 2. The van der Waals surface area contributed by atoms with E-state index in [0.29, 0.717) is 6.42 Å². The molecule has 0 amide bonds. The first kappa shape index (κ1) is 14.3. The second-order valence-corrected chi connectivity index (χ2v) is 5.63. The predicted molar refractivity (Wildman–Crippen MR) is 97.9 cm³/mol. The number of benzene rings is 2. The smallest absolute Gasteiger partial charge is 0.0900 e. The van der Waals surface area contributed by atoms with E-state index in [-0.39, 0.29) is 0 Å². The average Bonchev–Trinajstić information content (AvgIpc) is 2.66. The lowest BCUT2D eigenvalue weighted by Gasteiger charge is -2.09. The van der Waals surface area contributed by atoms with Crippen molar-refractivity contribution in [3.63, 3.8) is 0 Å². The maximum absolute atomic E-state index is 5.67. The van der Waals surface area contributed by atoms with E-state index in [0.717, 1.165) is 38.8 Å². The van der Waals surface area contributed by atoms with Crippen LogP contribution in [0.5, 0.6) is 0 Å². The summed E-state index contributed by atoms with van der Waals surface area (Å²) in [5.74, 6) is 5.67. The summed E-state index contributed by atoms with van der Waals surface area (Å²) in [4.78, 5) is 9.10. The van der Waals surface area contributed by atoms with Gasteiger partial charge in [0.25, 0.3) is 0 Å². The highest BCUT2D eigenvalue weighted by atomic mass is 15.1. The molecule has 0 saturated carbocycles. The summed E-state index contributed by atoms with van der Waals surface area (Å²) >= 11 is 0. The maximum Gasteiger partial charge on any atom is 0.0900 e. The van der Waals surface area contributed by atoms with Crippen LogP contribution >= 0.6 is 0 Å². The number of hydrazone groups is 1. The lowest BCUT2D eigenvalue weighted by atomic mass is 10.0. The summed E-state index contributed by atoms with van der Waals surface area (Å²) in [6.07, 6.45) is 2.44. The van der Waals surface area contributed by atoms with Gasteiger partial charge in [0.2, 0.25) is 0 Å². The first-order valence-electron chi connectivity index (χ1n) is 7.81. The highest BCUT2D eigenvalue weighted by molar-refractivity contribution is 6.03. The minimum atomic E-state index is 0.616. The van der Waals surface area contributed by atoms with Crippen LogP contribution in [0, 0.1) is 0 Å². The van der Waals surface area contributed by atoms with E-state index in [9.17, 15) is 0 Å². The molecule has 0 aliphatic heterocycles. The average molecular weight is 312 g/mol. The summed E-state index contributed by atoms with van der Waals surface area (Å²) < 4.78 is 0. The Morgan fingerprint density at radius 1 is 0.875 bits per heavy atom. The SMILES string of the molecule is N/N=C(/Cc1ccnc2ccccc12)c1ccc2ccccc2n1. The molecule has 4 nitrogen and oxygen atoms in total. The molecule has 24 heavy (non-hydrogen) atoms. The van der Waals surface area contributed by atoms with Gasteiger partial charge in [-0.3, -0.25) is 4.98 Å². The van der Waals surface area contributed by atoms with Crippen LogP contribution in [0.15, 0.2) is 78.0 Å². The number of nitrogens with two attached hydrogens (primary N) is 1. The van der Waals surface area contributed by atoms with Gasteiger partial charge in [-0.15, -0.1) is 0 Å². The van der Waals surface area contributed by atoms with Gasteiger partial charge < -0.3 is 5.84 Å². The Hall–Kier alpha value is -3.27. The van der Waals surface area contributed by atoms with Crippen LogP contribution in [0.4, 0.5) is 0 Å². The first-order chi connectivity index (χ1) is 11.8. The maximum atomic E-state index is 5.67. The van der Waals surface area contributed by atoms with Crippen LogP contribution in [0.25, 0.3) is 21.8 Å². The van der Waals surface area contributed by atoms with Crippen molar-refractivity contribution < 1.29 is 0 Å². The van der Waals surface area contributed by atoms with E-state index >= 15 is 0 Å². The summed E-state index contributed by atoms with van der Waals surface area (Å²) in [5.41, 5.74) is 4.61. The highest BCUT2D eigenvalue weighted by Gasteiger charge is 2.10. The topological polar surface area (TPSA) is 64.2 Å². The van der Waals surface area contributed by atoms with Crippen LogP contribution in [-0.2, 0) is 6.42 Å². The molecule has 116 valence electrons. The molecule has 0 saturated heterocycles. The lowest BCUT2D eigenvalue weighted by Crippen LogP contribution is -2.11. The predicted octanol–water partition coefficient (Wildman–Crippen LogP) is 3.69. The number of hydrogen-bond acceptors (Lipinski definition) is 4. The molecule has 0 spiro atoms. The summed E-state index contributed by atoms with van der Waals surface area (Å²) in [6.45, 7) is 0. The van der Waals surface area contributed by atoms with E-state index < -0.39 is 0 Å². The van der Waals surface area contributed by atoms with Crippen molar-refractivity contribution in [3.8, 4) is 0 Å². The summed E-state index contributed by atoms with van der Waals surface area (Å²) in [7, 11) is 0. The molecule has 2 heterocycles. The van der Waals surface area contributed by atoms with E-state index in [4.69, 9.17) is 10.8 Å². The van der Waals surface area contributed by atoms with Crippen molar-refractivity contribution in [2.45, 2.75) is 6.42 Å². The monoisotopic (exact) mass is 312 g/mol. The Balaban J connectivity index is 1.75. The van der Waals surface area contributed by atoms with Crippen LogP contribution < -0.4 is 5.84 Å². The third-order valence-corrected chi connectivity index (χ3v) is 4.15. The van der Waals surface area contributed by atoms with E-state index in [1.807, 2.05) is 66.9 Å². The number of hydrogen-bond donors (Lipinski definition) is 1. The third-order valence-electron chi connectivity index (χ3n) is 4.15. The van der Waals surface area contributed by atoms with Crippen molar-refractivity contribution in [3.05, 3.63) is 84.2 Å². The Kier molecular flexibility index (Phi) is 3.63. The zero-order chi connectivity index (χ0) is 16.4. The normalized spacial score (nSPS) is 11.9. The first-order valence-corrected chi connectivity index (χ1v) is 7.81. The molecule has 2 N–H and O–H groups in total. The standard InChI is InChI=1S/C20H16N4/c21-24-20(19-10-9-14-5-1-3-7-17(14)23-19)13-15-11-12-22-18-8-4-2-6-16(15)18/h1-12H,13,21H2/b24-20-. The van der Waals surface area contributed by atoms with Gasteiger partial charge in [-0.1, -0.05) is 42.5 Å². The molecule has 4 aromatic rings. The second kappa shape index (κ2) is 6.08. The van der Waals surface area contributed by atoms with Crippen molar-refractivity contribution in [1.29, 1.82) is 0 Å². The van der Waals surface area contributed by atoms with Crippen molar-refractivity contribution in [2.24, 2.45) is 10.9 Å². The minimum absolute atomic E-state index is 0.616. The second-order valence-electron chi connectivity index (χ2n) is 5.63. The molecule has 0 radical (unpaired) electrons. The van der Waals surface area contributed by atoms with Gasteiger partial charge in [-0.05, 0) is 29.8 Å². The molecule has 2 aromatic heterocycles. The molecule has 0 bridgehead atoms. The summed E-state index contributed by atoms with van der Waals surface area (Å²) in [5, 5.41) is 6.22. The molecule has 0 fully saturated rings. The quantitative estimate of drug-likeness (QED) is 0.356. The molecule has 0 atom stereocenters. The lowest BCUT2D eigenvalue weighted by molar-refractivity contribution is 1.17. The molecular formula is C20H16N4. The zero-order valence-electron chi connectivity index (χ0n) is 13.1. The van der Waals surface area contributed by atoms with Gasteiger partial charge in [-0.2, -0.15) is 5.10 Å². The summed E-state index contributed by atoms with van der Waals surface area (Å²) in [6, 6.07) is 22.1. The van der Waals surface area contributed by atoms with Crippen molar-refractivity contribution in [2.75, 3.05) is 0 Å². The Bertz CT molecular complexity index is 1050. The Labute approximate surface area is 139 Å². The molecule has 4 rings (SSSR count). The molecule has 4 heteroatoms. The minimum Gasteiger partial charge on any atom is -0.323 e. The van der Waals surface area contributed by atoms with Crippen molar-refractivity contribution in [1.82, 2.24) is 9.97 Å². The molecule has 2 aromatic carbocycles. The largest absolute Gasteiger partial charge is 0.323 e. The van der Waals surface area contributed by atoms with E-state index in [2.05, 4.69) is 16.2 Å². The fourth-order valence-corrected chi connectivity index (χ4v) is 2.92. The van der Waals surface area contributed by atoms with Crippen LogP contribution in [0.2, 0.25) is 0 Å². The Morgan fingerprint density at radius 3 is 2.54 bits per heavy atom. The van der Waals surface area contributed by atoms with Crippen LogP contribution in [-0.4, -0.2) is 15.7 Å². The molecule has 0 aliphatic carbocycles. The van der Waals surface area contributed by atoms with Gasteiger partial charge in [-0.25, -0.2) is 4.98 Å². The van der Waals surface area contributed by atoms with Gasteiger partial charge in [0.1, 0.15) is 0 Å². The van der Waals surface area contributed by atoms with Crippen molar-refractivity contribution >= 4 is 27.5 Å². The van der Waals surface area contributed by atoms with E-state index in [1.54, 1.807) is 0 Å². The Morgan fingerprint density at radius 2 is 1.67 bits per heavy atom. The van der Waals surface area contributed by atoms with Gasteiger partial charge in [0.05, 0.1) is 22.4 Å². The number of fused-ring (bicyclic) bond motifs is 2. The number of rotatable bonds is 3. The highest BCUT2D eigenvalue weighted by Crippen LogP contribution is 2.19. The number of aromatic nitrogens is 2. The van der Waals surface area contributed by atoms with E-state index in [1.165, 1.54) is 0 Å². The molecular weight excluding hydrogens is 296 g/mol.